The van der Waals surface area contributed by atoms with Gasteiger partial charge in [0, 0.05) is 30.6 Å². The molecule has 11 heteroatoms. The summed E-state index contributed by atoms with van der Waals surface area (Å²) in [7, 11) is -3.24. The largest absolute Gasteiger partial charge is 0.310 e. The number of hydrogen-bond donors (Lipinski definition) is 2. The quantitative estimate of drug-likeness (QED) is 0.735. The zero-order valence-electron chi connectivity index (χ0n) is 16.4. The van der Waals surface area contributed by atoms with Crippen LogP contribution < -0.4 is 10.9 Å². The smallest absolute Gasteiger partial charge is 0.255 e. The topological polar surface area (TPSA) is 130 Å². The van der Waals surface area contributed by atoms with Crippen molar-refractivity contribution in [2.75, 3.05) is 24.7 Å². The van der Waals surface area contributed by atoms with Crippen molar-refractivity contribution in [1.82, 2.24) is 24.1 Å². The highest BCUT2D eigenvalue weighted by Gasteiger charge is 2.29. The van der Waals surface area contributed by atoms with E-state index >= 15 is 0 Å². The number of hydrogen-bond acceptors (Lipinski definition) is 6. The molecule has 1 saturated heterocycles. The first-order valence-corrected chi connectivity index (χ1v) is 11.5. The Hall–Kier alpha value is -2.53. The molecule has 0 unspecified atom stereocenters. The van der Waals surface area contributed by atoms with Gasteiger partial charge in [-0.3, -0.25) is 14.6 Å². The number of nitrogens with zero attached hydrogens (tertiary/aromatic N) is 4. The molecule has 0 saturated carbocycles. The van der Waals surface area contributed by atoms with Crippen LogP contribution in [0.2, 0.25) is 0 Å². The van der Waals surface area contributed by atoms with E-state index in [1.165, 1.54) is 15.2 Å². The molecule has 0 bridgehead atoms. The molecular weight excluding hydrogens is 396 g/mol. The van der Waals surface area contributed by atoms with Gasteiger partial charge >= 0.3 is 0 Å². The van der Waals surface area contributed by atoms with E-state index in [2.05, 4.69) is 20.4 Å². The SMILES string of the molecule is Cc1cc(NC(=O)C2CCN(S(C)(=O)=O)CC2)n(-c2nc3c(c(=O)[nH]2)CCC3)n1. The van der Waals surface area contributed by atoms with E-state index in [0.29, 0.717) is 37.4 Å². The summed E-state index contributed by atoms with van der Waals surface area (Å²) in [5.41, 5.74) is 2.01. The Kier molecular flexibility index (Phi) is 5.03. The van der Waals surface area contributed by atoms with Crippen molar-refractivity contribution in [3.05, 3.63) is 33.4 Å². The normalized spacial score (nSPS) is 18.0. The van der Waals surface area contributed by atoms with Gasteiger partial charge in [0.1, 0.15) is 5.82 Å². The van der Waals surface area contributed by atoms with E-state index in [1.54, 1.807) is 13.0 Å². The number of aromatic amines is 1. The van der Waals surface area contributed by atoms with Crippen LogP contribution in [-0.4, -0.2) is 57.7 Å². The number of fused-ring (bicyclic) bond motifs is 1. The van der Waals surface area contributed by atoms with Crippen molar-refractivity contribution >= 4 is 21.7 Å². The van der Waals surface area contributed by atoms with Crippen LogP contribution in [-0.2, 0) is 27.7 Å². The van der Waals surface area contributed by atoms with Gasteiger partial charge in [0.15, 0.2) is 0 Å². The molecule has 2 N–H and O–H groups in total. The van der Waals surface area contributed by atoms with Crippen LogP contribution in [0.1, 0.15) is 36.2 Å². The minimum atomic E-state index is -3.24. The lowest BCUT2D eigenvalue weighted by atomic mass is 9.97. The summed E-state index contributed by atoms with van der Waals surface area (Å²) < 4.78 is 26.1. The average molecular weight is 420 g/mol. The van der Waals surface area contributed by atoms with Crippen LogP contribution >= 0.6 is 0 Å². The van der Waals surface area contributed by atoms with Crippen LogP contribution in [0.3, 0.4) is 0 Å². The van der Waals surface area contributed by atoms with Crippen LogP contribution in [0.25, 0.3) is 5.95 Å². The number of sulfonamides is 1. The Bertz CT molecular complexity index is 1110. The molecule has 0 radical (unpaired) electrons. The highest BCUT2D eigenvalue weighted by molar-refractivity contribution is 7.88. The average Bonchev–Trinajstić information content (AvgIpc) is 3.27. The molecule has 1 fully saturated rings. The molecule has 10 nitrogen and oxygen atoms in total. The summed E-state index contributed by atoms with van der Waals surface area (Å²) in [5, 5.41) is 7.24. The van der Waals surface area contributed by atoms with Gasteiger partial charge in [-0.15, -0.1) is 0 Å². The van der Waals surface area contributed by atoms with Crippen molar-refractivity contribution in [1.29, 1.82) is 0 Å². The predicted octanol–water partition coefficient (Wildman–Crippen LogP) is 0.363. The van der Waals surface area contributed by atoms with Crippen LogP contribution in [0.4, 0.5) is 5.82 Å². The molecule has 1 amide bonds. The number of nitrogens with one attached hydrogen (secondary N) is 2. The number of aromatic nitrogens is 4. The van der Waals surface area contributed by atoms with Gasteiger partial charge in [-0.2, -0.15) is 9.78 Å². The van der Waals surface area contributed by atoms with E-state index in [4.69, 9.17) is 0 Å². The van der Waals surface area contributed by atoms with Crippen LogP contribution in [0.15, 0.2) is 10.9 Å². The van der Waals surface area contributed by atoms with Gasteiger partial charge in [0.25, 0.3) is 5.56 Å². The molecule has 2 aliphatic rings. The van der Waals surface area contributed by atoms with Crippen molar-refractivity contribution in [3.63, 3.8) is 0 Å². The Morgan fingerprint density at radius 2 is 2.00 bits per heavy atom. The Balaban J connectivity index is 1.53. The number of rotatable bonds is 4. The fourth-order valence-corrected chi connectivity index (χ4v) is 4.83. The van der Waals surface area contributed by atoms with Gasteiger partial charge in [0.05, 0.1) is 17.6 Å². The first kappa shape index (κ1) is 19.8. The molecule has 0 aromatic carbocycles. The molecule has 4 rings (SSSR count). The molecule has 0 spiro atoms. The lowest BCUT2D eigenvalue weighted by Gasteiger charge is -2.29. The Labute approximate surface area is 168 Å². The molecule has 1 aliphatic carbocycles. The van der Waals surface area contributed by atoms with Crippen LogP contribution in [0, 0.1) is 12.8 Å². The number of piperidine rings is 1. The molecule has 3 heterocycles. The van der Waals surface area contributed by atoms with Gasteiger partial charge < -0.3 is 5.32 Å². The van der Waals surface area contributed by atoms with E-state index in [9.17, 15) is 18.0 Å². The molecule has 2 aromatic rings. The second-order valence-electron chi connectivity index (χ2n) is 7.68. The highest BCUT2D eigenvalue weighted by atomic mass is 32.2. The van der Waals surface area contributed by atoms with Gasteiger partial charge in [-0.05, 0) is 39.0 Å². The second kappa shape index (κ2) is 7.38. The molecule has 1 aliphatic heterocycles. The molecular formula is C18H24N6O4S. The number of aryl methyl sites for hydroxylation is 2. The van der Waals surface area contributed by atoms with Crippen molar-refractivity contribution in [3.8, 4) is 5.95 Å². The van der Waals surface area contributed by atoms with Crippen molar-refractivity contribution in [2.45, 2.75) is 39.0 Å². The molecule has 2 aromatic heterocycles. The maximum atomic E-state index is 12.8. The van der Waals surface area contributed by atoms with E-state index < -0.39 is 10.0 Å². The standard InChI is InChI=1S/C18H24N6O4S/c1-11-10-15(20-16(25)12-6-8-23(9-7-12)29(2,27)28)24(22-11)18-19-14-5-3-4-13(14)17(26)21-18/h10,12H,3-9H2,1-2H3,(H,20,25)(H,19,21,26). The summed E-state index contributed by atoms with van der Waals surface area (Å²) in [6.07, 6.45) is 4.49. The first-order valence-electron chi connectivity index (χ1n) is 9.67. The number of amides is 1. The molecule has 29 heavy (non-hydrogen) atoms. The zero-order chi connectivity index (χ0) is 20.8. The molecule has 156 valence electrons. The van der Waals surface area contributed by atoms with Crippen LogP contribution in [0.5, 0.6) is 0 Å². The minimum Gasteiger partial charge on any atom is -0.310 e. The Morgan fingerprint density at radius 1 is 1.28 bits per heavy atom. The number of H-pyrrole nitrogens is 1. The van der Waals surface area contributed by atoms with E-state index in [1.807, 2.05) is 0 Å². The fourth-order valence-electron chi connectivity index (χ4n) is 3.96. The lowest BCUT2D eigenvalue weighted by Crippen LogP contribution is -2.41. The van der Waals surface area contributed by atoms with Gasteiger partial charge in [0.2, 0.25) is 21.9 Å². The molecule has 0 atom stereocenters. The third-order valence-corrected chi connectivity index (χ3v) is 6.81. The monoisotopic (exact) mass is 420 g/mol. The summed E-state index contributed by atoms with van der Waals surface area (Å²) in [4.78, 5) is 32.4. The summed E-state index contributed by atoms with van der Waals surface area (Å²) >= 11 is 0. The maximum Gasteiger partial charge on any atom is 0.255 e. The zero-order valence-corrected chi connectivity index (χ0v) is 17.3. The van der Waals surface area contributed by atoms with Gasteiger partial charge in [-0.1, -0.05) is 0 Å². The second-order valence-corrected chi connectivity index (χ2v) is 9.66. The van der Waals surface area contributed by atoms with Crippen molar-refractivity contribution in [2.24, 2.45) is 5.92 Å². The van der Waals surface area contributed by atoms with E-state index in [0.717, 1.165) is 30.5 Å². The number of carbonyl (C=O) groups excluding carboxylic acids is 1. The third kappa shape index (κ3) is 3.97. The van der Waals surface area contributed by atoms with Gasteiger partial charge in [-0.25, -0.2) is 17.7 Å². The first-order chi connectivity index (χ1) is 13.7. The highest BCUT2D eigenvalue weighted by Crippen LogP contribution is 2.23. The third-order valence-electron chi connectivity index (χ3n) is 5.51. The predicted molar refractivity (Wildman–Crippen MR) is 107 cm³/mol. The summed E-state index contributed by atoms with van der Waals surface area (Å²) in [6, 6.07) is 1.72. The lowest BCUT2D eigenvalue weighted by molar-refractivity contribution is -0.120. The van der Waals surface area contributed by atoms with E-state index in [-0.39, 0.29) is 23.3 Å². The summed E-state index contributed by atoms with van der Waals surface area (Å²) in [5.74, 6) is 0.233. The number of carbonyl (C=O) groups is 1. The summed E-state index contributed by atoms with van der Waals surface area (Å²) in [6.45, 7) is 2.45. The Morgan fingerprint density at radius 3 is 2.69 bits per heavy atom. The fraction of sp³-hybridized carbons (Fsp3) is 0.556. The minimum absolute atomic E-state index is 0.166. The van der Waals surface area contributed by atoms with Crippen molar-refractivity contribution < 1.29 is 13.2 Å². The number of anilines is 1. The maximum absolute atomic E-state index is 12.8.